The molecule has 2 unspecified atom stereocenters. The van der Waals surface area contributed by atoms with Crippen LogP contribution in [-0.2, 0) is 0 Å². The van der Waals surface area contributed by atoms with Crippen LogP contribution < -0.4 is 5.32 Å². The minimum atomic E-state index is 0.361. The average Bonchev–Trinajstić information content (AvgIpc) is 2.63. The predicted octanol–water partition coefficient (Wildman–Crippen LogP) is 3.64. The van der Waals surface area contributed by atoms with Crippen molar-refractivity contribution in [2.75, 3.05) is 20.6 Å². The molecule has 0 aromatic carbocycles. The minimum Gasteiger partial charge on any atom is -0.309 e. The lowest BCUT2D eigenvalue weighted by atomic mass is 10.0. The van der Waals surface area contributed by atoms with Gasteiger partial charge in [-0.1, -0.05) is 25.4 Å². The van der Waals surface area contributed by atoms with E-state index in [1.54, 1.807) is 11.3 Å². The van der Waals surface area contributed by atoms with Crippen molar-refractivity contribution in [3.8, 4) is 0 Å². The fourth-order valence-electron chi connectivity index (χ4n) is 1.98. The summed E-state index contributed by atoms with van der Waals surface area (Å²) in [4.78, 5) is 2.28. The Labute approximate surface area is 114 Å². The minimum absolute atomic E-state index is 0.361. The maximum absolute atomic E-state index is 5.95. The van der Waals surface area contributed by atoms with Crippen molar-refractivity contribution in [1.82, 2.24) is 10.2 Å². The summed E-state index contributed by atoms with van der Waals surface area (Å²) in [6.45, 7) is 7.71. The highest BCUT2D eigenvalue weighted by atomic mass is 35.5. The second kappa shape index (κ2) is 6.74. The molecule has 0 saturated carbocycles. The van der Waals surface area contributed by atoms with E-state index in [2.05, 4.69) is 50.5 Å². The normalized spacial score (nSPS) is 15.5. The van der Waals surface area contributed by atoms with Gasteiger partial charge in [0, 0.05) is 18.6 Å². The molecule has 0 saturated heterocycles. The third-order valence-electron chi connectivity index (χ3n) is 3.15. The summed E-state index contributed by atoms with van der Waals surface area (Å²) in [6.07, 6.45) is 0. The van der Waals surface area contributed by atoms with Crippen LogP contribution in [0.1, 0.15) is 32.4 Å². The van der Waals surface area contributed by atoms with Crippen molar-refractivity contribution in [3.05, 3.63) is 21.3 Å². The summed E-state index contributed by atoms with van der Waals surface area (Å²) < 4.78 is 0.863. The maximum atomic E-state index is 5.95. The molecule has 0 spiro atoms. The standard InChI is InChI=1S/C13H23ClN2S/c1-9(2)12(16(4)5)7-15-10(3)11-6-13(14)17-8-11/h6,8-10,12,15H,7H2,1-5H3. The number of hydrogen-bond donors (Lipinski definition) is 1. The Hall–Kier alpha value is -0.0900. The van der Waals surface area contributed by atoms with Crippen molar-refractivity contribution in [3.63, 3.8) is 0 Å². The third kappa shape index (κ3) is 4.59. The number of thiophene rings is 1. The summed E-state index contributed by atoms with van der Waals surface area (Å²) in [5.74, 6) is 0.649. The van der Waals surface area contributed by atoms with Crippen LogP contribution in [0.15, 0.2) is 11.4 Å². The van der Waals surface area contributed by atoms with Crippen LogP contribution in [0.3, 0.4) is 0 Å². The molecule has 1 aromatic rings. The average molecular weight is 275 g/mol. The molecule has 2 nitrogen and oxygen atoms in total. The first kappa shape index (κ1) is 15.0. The Kier molecular flexibility index (Phi) is 5.93. The molecule has 2 atom stereocenters. The summed E-state index contributed by atoms with van der Waals surface area (Å²) >= 11 is 7.55. The highest BCUT2D eigenvalue weighted by Crippen LogP contribution is 2.24. The van der Waals surface area contributed by atoms with Crippen molar-refractivity contribution < 1.29 is 0 Å². The Morgan fingerprint density at radius 1 is 1.35 bits per heavy atom. The van der Waals surface area contributed by atoms with Gasteiger partial charge in [-0.2, -0.15) is 0 Å². The van der Waals surface area contributed by atoms with Crippen LogP contribution >= 0.6 is 22.9 Å². The van der Waals surface area contributed by atoms with E-state index in [-0.39, 0.29) is 0 Å². The molecular weight excluding hydrogens is 252 g/mol. The van der Waals surface area contributed by atoms with E-state index in [1.807, 2.05) is 6.07 Å². The number of nitrogens with one attached hydrogen (secondary N) is 1. The molecule has 1 N–H and O–H groups in total. The van der Waals surface area contributed by atoms with Crippen molar-refractivity contribution in [1.29, 1.82) is 0 Å². The first-order valence-corrected chi connectivity index (χ1v) is 7.31. The summed E-state index contributed by atoms with van der Waals surface area (Å²) in [5, 5.41) is 5.71. The Morgan fingerprint density at radius 3 is 2.41 bits per heavy atom. The molecule has 1 rings (SSSR count). The topological polar surface area (TPSA) is 15.3 Å². The van der Waals surface area contributed by atoms with E-state index in [1.165, 1.54) is 5.56 Å². The molecule has 0 aliphatic rings. The molecule has 0 radical (unpaired) electrons. The molecule has 0 bridgehead atoms. The molecule has 4 heteroatoms. The highest BCUT2D eigenvalue weighted by Gasteiger charge is 2.17. The number of nitrogens with zero attached hydrogens (tertiary/aromatic N) is 1. The lowest BCUT2D eigenvalue weighted by molar-refractivity contribution is 0.220. The van der Waals surface area contributed by atoms with Gasteiger partial charge in [-0.05, 0) is 43.9 Å². The predicted molar refractivity (Wildman–Crippen MR) is 78.1 cm³/mol. The SMILES string of the molecule is CC(NCC(C(C)C)N(C)C)c1csc(Cl)c1. The Morgan fingerprint density at radius 2 is 2.00 bits per heavy atom. The van der Waals surface area contributed by atoms with Gasteiger partial charge in [0.2, 0.25) is 0 Å². The van der Waals surface area contributed by atoms with Gasteiger partial charge in [-0.15, -0.1) is 11.3 Å². The zero-order valence-corrected chi connectivity index (χ0v) is 12.9. The van der Waals surface area contributed by atoms with Crippen molar-refractivity contribution in [2.24, 2.45) is 5.92 Å². The first-order chi connectivity index (χ1) is 7.91. The summed E-state index contributed by atoms with van der Waals surface area (Å²) in [6, 6.07) is 2.97. The monoisotopic (exact) mass is 274 g/mol. The third-order valence-corrected chi connectivity index (χ3v) is 4.26. The molecule has 17 heavy (non-hydrogen) atoms. The number of likely N-dealkylation sites (N-methyl/N-ethyl adjacent to an activating group) is 1. The smallest absolute Gasteiger partial charge is 0.0931 e. The Balaban J connectivity index is 2.49. The zero-order valence-electron chi connectivity index (χ0n) is 11.3. The summed E-state index contributed by atoms with van der Waals surface area (Å²) in [7, 11) is 4.27. The van der Waals surface area contributed by atoms with Crippen LogP contribution in [-0.4, -0.2) is 31.6 Å². The molecule has 1 heterocycles. The lowest BCUT2D eigenvalue weighted by Crippen LogP contribution is -2.42. The van der Waals surface area contributed by atoms with Crippen LogP contribution in [0, 0.1) is 5.92 Å². The van der Waals surface area contributed by atoms with Crippen molar-refractivity contribution in [2.45, 2.75) is 32.9 Å². The molecule has 98 valence electrons. The Bertz CT molecular complexity index is 328. The second-order valence-corrected chi connectivity index (χ2v) is 6.63. The quantitative estimate of drug-likeness (QED) is 0.852. The van der Waals surface area contributed by atoms with E-state index in [9.17, 15) is 0 Å². The summed E-state index contributed by atoms with van der Waals surface area (Å²) in [5.41, 5.74) is 1.28. The number of hydrogen-bond acceptors (Lipinski definition) is 3. The van der Waals surface area contributed by atoms with Crippen LogP contribution in [0.25, 0.3) is 0 Å². The molecule has 0 aliphatic carbocycles. The van der Waals surface area contributed by atoms with E-state index in [4.69, 9.17) is 11.6 Å². The fourth-order valence-corrected chi connectivity index (χ4v) is 2.96. The number of rotatable bonds is 6. The number of halogens is 1. The zero-order chi connectivity index (χ0) is 13.0. The largest absolute Gasteiger partial charge is 0.309 e. The van der Waals surface area contributed by atoms with E-state index < -0.39 is 0 Å². The van der Waals surface area contributed by atoms with Gasteiger partial charge < -0.3 is 10.2 Å². The van der Waals surface area contributed by atoms with Gasteiger partial charge in [0.1, 0.15) is 0 Å². The van der Waals surface area contributed by atoms with Gasteiger partial charge >= 0.3 is 0 Å². The fraction of sp³-hybridized carbons (Fsp3) is 0.692. The van der Waals surface area contributed by atoms with Gasteiger partial charge in [-0.25, -0.2) is 0 Å². The molecule has 0 aliphatic heterocycles. The van der Waals surface area contributed by atoms with Gasteiger partial charge in [0.05, 0.1) is 4.34 Å². The van der Waals surface area contributed by atoms with Crippen LogP contribution in [0.5, 0.6) is 0 Å². The van der Waals surface area contributed by atoms with Gasteiger partial charge in [-0.3, -0.25) is 0 Å². The van der Waals surface area contributed by atoms with Gasteiger partial charge in [0.25, 0.3) is 0 Å². The molecule has 0 fully saturated rings. The molecular formula is C13H23ClN2S. The first-order valence-electron chi connectivity index (χ1n) is 6.05. The van der Waals surface area contributed by atoms with Gasteiger partial charge in [0.15, 0.2) is 0 Å². The van der Waals surface area contributed by atoms with E-state index in [0.29, 0.717) is 18.0 Å². The maximum Gasteiger partial charge on any atom is 0.0931 e. The molecule has 1 aromatic heterocycles. The van der Waals surface area contributed by atoms with Crippen LogP contribution in [0.2, 0.25) is 4.34 Å². The van der Waals surface area contributed by atoms with Crippen LogP contribution in [0.4, 0.5) is 0 Å². The van der Waals surface area contributed by atoms with E-state index >= 15 is 0 Å². The highest BCUT2D eigenvalue weighted by molar-refractivity contribution is 7.14. The molecule has 0 amide bonds. The van der Waals surface area contributed by atoms with E-state index in [0.717, 1.165) is 10.9 Å². The van der Waals surface area contributed by atoms with Crippen molar-refractivity contribution >= 4 is 22.9 Å². The second-order valence-electron chi connectivity index (χ2n) is 5.09. The lowest BCUT2D eigenvalue weighted by Gasteiger charge is -2.29.